The first kappa shape index (κ1) is 21.8. The van der Waals surface area contributed by atoms with Gasteiger partial charge in [0.2, 0.25) is 10.0 Å². The number of rotatable bonds is 8. The van der Waals surface area contributed by atoms with Crippen LogP contribution in [0.3, 0.4) is 0 Å². The van der Waals surface area contributed by atoms with Crippen LogP contribution in [0.15, 0.2) is 70.2 Å². The van der Waals surface area contributed by atoms with Crippen molar-refractivity contribution < 1.29 is 31.1 Å². The van der Waals surface area contributed by atoms with Crippen LogP contribution in [0.25, 0.3) is 0 Å². The SMILES string of the molecule is O=C(Nc1ccc(OC(F)F)cc1)c1ccc(Cl)c(S(=O)(=O)NCc2ccco2)c1. The molecular formula is C19H15ClF2N2O5S. The van der Waals surface area contributed by atoms with Gasteiger partial charge in [-0.2, -0.15) is 8.78 Å². The van der Waals surface area contributed by atoms with Gasteiger partial charge in [0.25, 0.3) is 5.91 Å². The third-order valence-corrected chi connectivity index (χ3v) is 5.72. The molecule has 0 saturated heterocycles. The van der Waals surface area contributed by atoms with Crippen molar-refractivity contribution in [1.82, 2.24) is 4.72 Å². The number of ether oxygens (including phenoxy) is 1. The van der Waals surface area contributed by atoms with Crippen LogP contribution in [0.2, 0.25) is 5.02 Å². The highest BCUT2D eigenvalue weighted by molar-refractivity contribution is 7.89. The first-order valence-electron chi connectivity index (χ1n) is 8.42. The minimum Gasteiger partial charge on any atom is -0.468 e. The molecule has 11 heteroatoms. The molecule has 2 N–H and O–H groups in total. The summed E-state index contributed by atoms with van der Waals surface area (Å²) < 4.78 is 61.2. The smallest absolute Gasteiger partial charge is 0.387 e. The van der Waals surface area contributed by atoms with Gasteiger partial charge in [-0.3, -0.25) is 4.79 Å². The van der Waals surface area contributed by atoms with Gasteiger partial charge in [-0.25, -0.2) is 13.1 Å². The van der Waals surface area contributed by atoms with Crippen LogP contribution in [-0.2, 0) is 16.6 Å². The van der Waals surface area contributed by atoms with Crippen LogP contribution >= 0.6 is 11.6 Å². The lowest BCUT2D eigenvalue weighted by Crippen LogP contribution is -2.24. The van der Waals surface area contributed by atoms with Crippen LogP contribution in [0.1, 0.15) is 16.1 Å². The van der Waals surface area contributed by atoms with E-state index in [0.717, 1.165) is 6.07 Å². The molecule has 3 rings (SSSR count). The van der Waals surface area contributed by atoms with E-state index in [1.54, 1.807) is 12.1 Å². The molecule has 0 aliphatic rings. The summed E-state index contributed by atoms with van der Waals surface area (Å²) in [5, 5.41) is 2.47. The number of alkyl halides is 2. The molecule has 0 saturated carbocycles. The first-order chi connectivity index (χ1) is 14.2. The number of benzene rings is 2. The van der Waals surface area contributed by atoms with Gasteiger partial charge in [0.1, 0.15) is 16.4 Å². The average molecular weight is 457 g/mol. The van der Waals surface area contributed by atoms with E-state index in [1.165, 1.54) is 42.7 Å². The number of carbonyl (C=O) groups is 1. The maximum Gasteiger partial charge on any atom is 0.387 e. The van der Waals surface area contributed by atoms with Crippen molar-refractivity contribution >= 4 is 33.2 Å². The topological polar surface area (TPSA) is 97.6 Å². The van der Waals surface area contributed by atoms with Crippen LogP contribution in [0.5, 0.6) is 5.75 Å². The predicted molar refractivity (Wildman–Crippen MR) is 105 cm³/mol. The Labute approximate surface area is 175 Å². The Morgan fingerprint density at radius 3 is 2.50 bits per heavy atom. The van der Waals surface area contributed by atoms with E-state index in [0.29, 0.717) is 11.4 Å². The standard InChI is InChI=1S/C19H15ClF2N2O5S/c20-16-8-3-12(10-17(16)30(26,27)23-11-15-2-1-9-28-15)18(25)24-13-4-6-14(7-5-13)29-19(21)22/h1-10,19,23H,11H2,(H,24,25). The Balaban J connectivity index is 1.74. The van der Waals surface area contributed by atoms with Crippen LogP contribution < -0.4 is 14.8 Å². The molecule has 158 valence electrons. The molecule has 7 nitrogen and oxygen atoms in total. The van der Waals surface area contributed by atoms with Crippen LogP contribution in [0.4, 0.5) is 14.5 Å². The fraction of sp³-hybridized carbons (Fsp3) is 0.105. The number of carbonyl (C=O) groups excluding carboxylic acids is 1. The Kier molecular flexibility index (Phi) is 6.70. The van der Waals surface area contributed by atoms with E-state index in [9.17, 15) is 22.0 Å². The van der Waals surface area contributed by atoms with Crippen molar-refractivity contribution in [1.29, 1.82) is 0 Å². The zero-order chi connectivity index (χ0) is 21.7. The molecule has 1 aromatic heterocycles. The van der Waals surface area contributed by atoms with Gasteiger partial charge < -0.3 is 14.5 Å². The van der Waals surface area contributed by atoms with Gasteiger partial charge in [-0.15, -0.1) is 0 Å². The van der Waals surface area contributed by atoms with E-state index in [-0.39, 0.29) is 27.8 Å². The summed E-state index contributed by atoms with van der Waals surface area (Å²) in [6.45, 7) is -3.05. The van der Waals surface area contributed by atoms with Crippen LogP contribution in [-0.4, -0.2) is 20.9 Å². The molecule has 0 fully saturated rings. The Morgan fingerprint density at radius 1 is 1.13 bits per heavy atom. The zero-order valence-corrected chi connectivity index (χ0v) is 16.7. The highest BCUT2D eigenvalue weighted by atomic mass is 35.5. The van der Waals surface area contributed by atoms with Gasteiger partial charge >= 0.3 is 6.61 Å². The summed E-state index contributed by atoms with van der Waals surface area (Å²) >= 11 is 6.02. The molecule has 1 heterocycles. The molecule has 3 aromatic rings. The van der Waals surface area contributed by atoms with Crippen molar-refractivity contribution in [2.24, 2.45) is 0 Å². The van der Waals surface area contributed by atoms with E-state index < -0.39 is 22.5 Å². The zero-order valence-electron chi connectivity index (χ0n) is 15.1. The van der Waals surface area contributed by atoms with Crippen molar-refractivity contribution in [2.75, 3.05) is 5.32 Å². The number of halogens is 3. The number of hydrogen-bond donors (Lipinski definition) is 2. The third kappa shape index (κ3) is 5.56. The van der Waals surface area contributed by atoms with Gasteiger partial charge in [0, 0.05) is 11.3 Å². The fourth-order valence-corrected chi connectivity index (χ4v) is 3.95. The molecule has 1 amide bonds. The number of hydrogen-bond acceptors (Lipinski definition) is 5. The predicted octanol–water partition coefficient (Wildman–Crippen LogP) is 4.27. The molecule has 0 aliphatic carbocycles. The van der Waals surface area contributed by atoms with E-state index in [2.05, 4.69) is 14.8 Å². The molecular weight excluding hydrogens is 442 g/mol. The molecule has 2 aromatic carbocycles. The van der Waals surface area contributed by atoms with Gasteiger partial charge in [-0.05, 0) is 54.6 Å². The minimum atomic E-state index is -4.02. The second kappa shape index (κ2) is 9.24. The number of sulfonamides is 1. The summed E-state index contributed by atoms with van der Waals surface area (Å²) in [6.07, 6.45) is 1.41. The molecule has 0 aliphatic heterocycles. The van der Waals surface area contributed by atoms with Crippen LogP contribution in [0, 0.1) is 0 Å². The van der Waals surface area contributed by atoms with Crippen molar-refractivity contribution in [3.05, 3.63) is 77.2 Å². The maximum atomic E-state index is 12.6. The number of nitrogens with one attached hydrogen (secondary N) is 2. The second-order valence-electron chi connectivity index (χ2n) is 5.91. The van der Waals surface area contributed by atoms with Gasteiger partial charge in [-0.1, -0.05) is 11.6 Å². The van der Waals surface area contributed by atoms with Gasteiger partial charge in [0.15, 0.2) is 0 Å². The molecule has 0 bridgehead atoms. The number of amides is 1. The highest BCUT2D eigenvalue weighted by Gasteiger charge is 2.20. The van der Waals surface area contributed by atoms with E-state index in [4.69, 9.17) is 16.0 Å². The summed E-state index contributed by atoms with van der Waals surface area (Å²) in [5.74, 6) is -0.273. The third-order valence-electron chi connectivity index (χ3n) is 3.84. The summed E-state index contributed by atoms with van der Waals surface area (Å²) in [7, 11) is -4.02. The highest BCUT2D eigenvalue weighted by Crippen LogP contribution is 2.24. The van der Waals surface area contributed by atoms with E-state index >= 15 is 0 Å². The van der Waals surface area contributed by atoms with Crippen molar-refractivity contribution in [3.8, 4) is 5.75 Å². The maximum absolute atomic E-state index is 12.6. The Bertz CT molecular complexity index is 1120. The molecule has 0 radical (unpaired) electrons. The average Bonchev–Trinajstić information content (AvgIpc) is 3.21. The van der Waals surface area contributed by atoms with E-state index in [1.807, 2.05) is 0 Å². The number of anilines is 1. The monoisotopic (exact) mass is 456 g/mol. The lowest BCUT2D eigenvalue weighted by molar-refractivity contribution is -0.0498. The largest absolute Gasteiger partial charge is 0.468 e. The Morgan fingerprint density at radius 2 is 1.87 bits per heavy atom. The molecule has 0 atom stereocenters. The molecule has 30 heavy (non-hydrogen) atoms. The lowest BCUT2D eigenvalue weighted by atomic mass is 10.2. The Hall–Kier alpha value is -2.95. The summed E-state index contributed by atoms with van der Waals surface area (Å²) in [5.41, 5.74) is 0.336. The van der Waals surface area contributed by atoms with Crippen molar-refractivity contribution in [2.45, 2.75) is 18.1 Å². The number of furan rings is 1. The second-order valence-corrected chi connectivity index (χ2v) is 8.05. The van der Waals surface area contributed by atoms with Gasteiger partial charge in [0.05, 0.1) is 17.8 Å². The molecule has 0 spiro atoms. The lowest BCUT2D eigenvalue weighted by Gasteiger charge is -2.11. The fourth-order valence-electron chi connectivity index (χ4n) is 2.43. The quantitative estimate of drug-likeness (QED) is 0.527. The summed E-state index contributed by atoms with van der Waals surface area (Å²) in [6, 6.07) is 12.3. The summed E-state index contributed by atoms with van der Waals surface area (Å²) in [4.78, 5) is 12.2. The first-order valence-corrected chi connectivity index (χ1v) is 10.3. The molecule has 0 unspecified atom stereocenters. The van der Waals surface area contributed by atoms with Crippen molar-refractivity contribution in [3.63, 3.8) is 0 Å². The minimum absolute atomic E-state index is 0.0330. The normalized spacial score (nSPS) is 11.5.